The molecular formula is C28H40. The van der Waals surface area contributed by atoms with Crippen molar-refractivity contribution < 1.29 is 0 Å². The molecule has 3 aromatic rings. The summed E-state index contributed by atoms with van der Waals surface area (Å²) in [5.74, 6) is 0. The van der Waals surface area contributed by atoms with Gasteiger partial charge in [0.2, 0.25) is 0 Å². The molecular weight excluding hydrogens is 336 g/mol. The molecule has 0 aromatic heterocycles. The lowest BCUT2D eigenvalue weighted by molar-refractivity contribution is 1.14. The Balaban J connectivity index is 0.00000111. The second-order valence-corrected chi connectivity index (χ2v) is 5.68. The molecule has 0 unspecified atom stereocenters. The average molecular weight is 377 g/mol. The molecule has 0 heterocycles. The lowest BCUT2D eigenvalue weighted by Crippen LogP contribution is -1.83. The van der Waals surface area contributed by atoms with Crippen molar-refractivity contribution in [1.29, 1.82) is 0 Å². The van der Waals surface area contributed by atoms with Gasteiger partial charge >= 0.3 is 0 Å². The Morgan fingerprint density at radius 3 is 0.714 bits per heavy atom. The van der Waals surface area contributed by atoms with Crippen molar-refractivity contribution in [3.8, 4) is 22.3 Å². The van der Waals surface area contributed by atoms with Crippen molar-refractivity contribution in [1.82, 2.24) is 0 Å². The molecule has 0 aliphatic heterocycles. The maximum atomic E-state index is 2.21. The van der Waals surface area contributed by atoms with Crippen LogP contribution >= 0.6 is 0 Å². The standard InChI is InChI=1S/C22H22.3C2H6/c1-3-17-5-9-19(10-6-17)21-13-15-22(16-14-21)20-11-7-18(4-2)8-12-20;3*1-2/h5-16H,3-4H2,1-2H3;3*1-2H3. The van der Waals surface area contributed by atoms with Crippen molar-refractivity contribution in [3.63, 3.8) is 0 Å². The van der Waals surface area contributed by atoms with Gasteiger partial charge in [0, 0.05) is 0 Å². The molecule has 3 rings (SSSR count). The second-order valence-electron chi connectivity index (χ2n) is 5.68. The summed E-state index contributed by atoms with van der Waals surface area (Å²) >= 11 is 0. The molecule has 0 saturated carbocycles. The summed E-state index contributed by atoms with van der Waals surface area (Å²) in [6.07, 6.45) is 2.18. The van der Waals surface area contributed by atoms with Gasteiger partial charge in [0.15, 0.2) is 0 Å². The summed E-state index contributed by atoms with van der Waals surface area (Å²) in [6.45, 7) is 16.4. The summed E-state index contributed by atoms with van der Waals surface area (Å²) in [5.41, 5.74) is 7.89. The molecule has 0 heteroatoms. The molecule has 0 atom stereocenters. The largest absolute Gasteiger partial charge is 0.0683 e. The fourth-order valence-electron chi connectivity index (χ4n) is 2.72. The van der Waals surface area contributed by atoms with E-state index in [1.807, 2.05) is 41.5 Å². The average Bonchev–Trinajstić information content (AvgIpc) is 2.83. The van der Waals surface area contributed by atoms with Gasteiger partial charge in [0.05, 0.1) is 0 Å². The van der Waals surface area contributed by atoms with Gasteiger partial charge in [-0.2, -0.15) is 0 Å². The van der Waals surface area contributed by atoms with Crippen LogP contribution in [0.2, 0.25) is 0 Å². The summed E-state index contributed by atoms with van der Waals surface area (Å²) in [5, 5.41) is 0. The monoisotopic (exact) mass is 376 g/mol. The lowest BCUT2D eigenvalue weighted by Gasteiger charge is -2.06. The zero-order valence-electron chi connectivity index (χ0n) is 19.3. The zero-order valence-corrected chi connectivity index (χ0v) is 19.3. The Bertz CT molecular complexity index is 650. The Kier molecular flexibility index (Phi) is 14.4. The van der Waals surface area contributed by atoms with E-state index in [1.165, 1.54) is 33.4 Å². The van der Waals surface area contributed by atoms with Crippen molar-refractivity contribution in [2.75, 3.05) is 0 Å². The molecule has 0 aliphatic carbocycles. The van der Waals surface area contributed by atoms with Gasteiger partial charge in [-0.1, -0.05) is 128 Å². The van der Waals surface area contributed by atoms with Gasteiger partial charge in [-0.05, 0) is 46.2 Å². The van der Waals surface area contributed by atoms with E-state index in [0.29, 0.717) is 0 Å². The minimum Gasteiger partial charge on any atom is -0.0683 e. The minimum atomic E-state index is 1.09. The molecule has 0 N–H and O–H groups in total. The molecule has 0 spiro atoms. The summed E-state index contributed by atoms with van der Waals surface area (Å²) in [7, 11) is 0. The molecule has 0 aliphatic rings. The summed E-state index contributed by atoms with van der Waals surface area (Å²) in [6, 6.07) is 26.6. The first kappa shape index (κ1) is 25.7. The predicted molar refractivity (Wildman–Crippen MR) is 130 cm³/mol. The smallest absolute Gasteiger partial charge is 0.0184 e. The second kappa shape index (κ2) is 15.7. The number of benzene rings is 3. The first-order valence-corrected chi connectivity index (χ1v) is 11.1. The Morgan fingerprint density at radius 2 is 0.536 bits per heavy atom. The molecule has 28 heavy (non-hydrogen) atoms. The maximum absolute atomic E-state index is 2.21. The van der Waals surface area contributed by atoms with Gasteiger partial charge in [-0.3, -0.25) is 0 Å². The molecule has 0 saturated heterocycles. The molecule has 0 radical (unpaired) electrons. The highest BCUT2D eigenvalue weighted by Gasteiger charge is 2.01. The topological polar surface area (TPSA) is 0 Å². The van der Waals surface area contributed by atoms with E-state index in [1.54, 1.807) is 0 Å². The number of aryl methyl sites for hydroxylation is 2. The van der Waals surface area contributed by atoms with Crippen LogP contribution in [-0.4, -0.2) is 0 Å². The third-order valence-electron chi connectivity index (χ3n) is 4.28. The van der Waals surface area contributed by atoms with Crippen LogP contribution in [0, 0.1) is 0 Å². The van der Waals surface area contributed by atoms with Crippen LogP contribution in [0.25, 0.3) is 22.3 Å². The normalized spacial score (nSPS) is 9.00. The van der Waals surface area contributed by atoms with E-state index < -0.39 is 0 Å². The van der Waals surface area contributed by atoms with E-state index in [0.717, 1.165) is 12.8 Å². The van der Waals surface area contributed by atoms with Gasteiger partial charge in [0.1, 0.15) is 0 Å². The number of hydrogen-bond donors (Lipinski definition) is 0. The van der Waals surface area contributed by atoms with Gasteiger partial charge in [-0.15, -0.1) is 0 Å². The van der Waals surface area contributed by atoms with Crippen molar-refractivity contribution in [3.05, 3.63) is 83.9 Å². The third kappa shape index (κ3) is 7.72. The van der Waals surface area contributed by atoms with Crippen LogP contribution in [0.1, 0.15) is 66.5 Å². The molecule has 3 aromatic carbocycles. The fourth-order valence-corrected chi connectivity index (χ4v) is 2.72. The molecule has 0 fully saturated rings. The van der Waals surface area contributed by atoms with Crippen molar-refractivity contribution in [2.45, 2.75) is 68.2 Å². The Labute approximate surface area is 174 Å². The van der Waals surface area contributed by atoms with Crippen molar-refractivity contribution in [2.24, 2.45) is 0 Å². The maximum Gasteiger partial charge on any atom is -0.0184 e. The molecule has 152 valence electrons. The van der Waals surface area contributed by atoms with E-state index in [4.69, 9.17) is 0 Å². The van der Waals surface area contributed by atoms with E-state index in [-0.39, 0.29) is 0 Å². The van der Waals surface area contributed by atoms with Crippen LogP contribution in [0.5, 0.6) is 0 Å². The third-order valence-corrected chi connectivity index (χ3v) is 4.28. The SMILES string of the molecule is CC.CC.CC.CCc1ccc(-c2ccc(-c3ccc(CC)cc3)cc2)cc1. The highest BCUT2D eigenvalue weighted by atomic mass is 14.1. The first-order chi connectivity index (χ1) is 13.8. The molecule has 0 amide bonds. The quantitative estimate of drug-likeness (QED) is 0.425. The summed E-state index contributed by atoms with van der Waals surface area (Å²) in [4.78, 5) is 0. The highest BCUT2D eigenvalue weighted by Crippen LogP contribution is 2.25. The van der Waals surface area contributed by atoms with Crippen molar-refractivity contribution >= 4 is 0 Å². The van der Waals surface area contributed by atoms with Gasteiger partial charge < -0.3 is 0 Å². The van der Waals surface area contributed by atoms with E-state index in [2.05, 4.69) is 86.6 Å². The predicted octanol–water partition coefficient (Wildman–Crippen LogP) is 9.22. The van der Waals surface area contributed by atoms with Gasteiger partial charge in [0.25, 0.3) is 0 Å². The summed E-state index contributed by atoms with van der Waals surface area (Å²) < 4.78 is 0. The lowest BCUT2D eigenvalue weighted by atomic mass is 9.98. The molecule has 0 nitrogen and oxygen atoms in total. The van der Waals surface area contributed by atoms with Gasteiger partial charge in [-0.25, -0.2) is 0 Å². The minimum absolute atomic E-state index is 1.09. The molecule has 0 bridgehead atoms. The number of hydrogen-bond acceptors (Lipinski definition) is 0. The van der Waals surface area contributed by atoms with Crippen LogP contribution < -0.4 is 0 Å². The Morgan fingerprint density at radius 1 is 0.357 bits per heavy atom. The zero-order chi connectivity index (χ0) is 21.4. The fraction of sp³-hybridized carbons (Fsp3) is 0.357. The van der Waals surface area contributed by atoms with Crippen LogP contribution in [0.3, 0.4) is 0 Å². The first-order valence-electron chi connectivity index (χ1n) is 11.1. The van der Waals surface area contributed by atoms with E-state index >= 15 is 0 Å². The number of rotatable bonds is 4. The highest BCUT2D eigenvalue weighted by molar-refractivity contribution is 5.70. The van der Waals surface area contributed by atoms with Crippen LogP contribution in [-0.2, 0) is 12.8 Å². The Hall–Kier alpha value is -2.34. The van der Waals surface area contributed by atoms with E-state index in [9.17, 15) is 0 Å². The van der Waals surface area contributed by atoms with Crippen LogP contribution in [0.4, 0.5) is 0 Å². The van der Waals surface area contributed by atoms with Crippen LogP contribution in [0.15, 0.2) is 72.8 Å².